The van der Waals surface area contributed by atoms with Gasteiger partial charge in [0.25, 0.3) is 0 Å². The molecule has 14 heteroatoms. The third-order valence-electron chi connectivity index (χ3n) is 6.21. The van der Waals surface area contributed by atoms with Crippen molar-refractivity contribution in [1.82, 2.24) is 0 Å². The van der Waals surface area contributed by atoms with Gasteiger partial charge in [-0.3, -0.25) is 5.43 Å². The molecule has 0 amide bonds. The molecule has 0 aliphatic heterocycles. The molecule has 3 N–H and O–H groups in total. The van der Waals surface area contributed by atoms with Gasteiger partial charge in [-0.15, -0.1) is 18.2 Å². The van der Waals surface area contributed by atoms with E-state index in [0.29, 0.717) is 34.1 Å². The number of carbonyl (C=O) groups excluding carboxylic acids is 1. The normalized spacial score (nSPS) is 12.4. The molecule has 4 aromatic carbocycles. The van der Waals surface area contributed by atoms with Crippen molar-refractivity contribution in [3.05, 3.63) is 108 Å². The van der Waals surface area contributed by atoms with Gasteiger partial charge < -0.3 is 24.7 Å². The fraction of sp³-hybridized carbons (Fsp3) is 0.125. The van der Waals surface area contributed by atoms with E-state index in [-0.39, 0.29) is 54.3 Å². The topological polar surface area (TPSA) is 168 Å². The predicted octanol–water partition coefficient (Wildman–Crippen LogP) is 3.01. The van der Waals surface area contributed by atoms with Crippen molar-refractivity contribution in [2.24, 2.45) is 15.3 Å². The molecule has 4 aromatic rings. The molecule has 5 rings (SSSR count). The second-order valence-corrected chi connectivity index (χ2v) is 9.70. The molecule has 0 fully saturated rings. The van der Waals surface area contributed by atoms with E-state index in [9.17, 15) is 4.79 Å². The summed E-state index contributed by atoms with van der Waals surface area (Å²) in [7, 11) is -1.57. The van der Waals surface area contributed by atoms with Crippen LogP contribution < -0.4 is 49.8 Å². The number of para-hydroxylation sites is 1. The molecular formula is C32H28N5NaO7S. The number of nitrogens with one attached hydrogen (secondary N) is 2. The molecule has 0 bridgehead atoms. The monoisotopic (exact) mass is 649 g/mol. The molecule has 1 aliphatic carbocycles. The van der Waals surface area contributed by atoms with Crippen LogP contribution >= 0.6 is 0 Å². The van der Waals surface area contributed by atoms with Gasteiger partial charge in [-0.25, -0.2) is 0 Å². The van der Waals surface area contributed by atoms with Gasteiger partial charge in [0.2, 0.25) is 0 Å². The number of carbonyl (C=O) groups is 1. The van der Waals surface area contributed by atoms with E-state index in [1.54, 1.807) is 49.6 Å². The Morgan fingerprint density at radius 3 is 2.30 bits per heavy atom. The van der Waals surface area contributed by atoms with E-state index in [0.717, 1.165) is 22.5 Å². The summed E-state index contributed by atoms with van der Waals surface area (Å²) in [5.41, 5.74) is 8.94. The van der Waals surface area contributed by atoms with Crippen LogP contribution in [0.4, 0.5) is 28.4 Å². The first-order valence-electron chi connectivity index (χ1n) is 13.4. The number of benzene rings is 4. The summed E-state index contributed by atoms with van der Waals surface area (Å²) in [6, 6.07) is 26.1. The van der Waals surface area contributed by atoms with Crippen molar-refractivity contribution < 1.29 is 61.6 Å². The number of aryl methyl sites for hydroxylation is 1. The number of Topliss-reactive ketones (excluding diaryl/α,β-unsaturated/α-hetero) is 1. The zero-order valence-corrected chi connectivity index (χ0v) is 28.0. The van der Waals surface area contributed by atoms with Gasteiger partial charge in [-0.05, 0) is 61.0 Å². The van der Waals surface area contributed by atoms with Gasteiger partial charge in [0.15, 0.2) is 0 Å². The minimum absolute atomic E-state index is 0. The Labute approximate surface area is 289 Å². The van der Waals surface area contributed by atoms with Crippen molar-refractivity contribution >= 4 is 56.6 Å². The Balaban J connectivity index is 0.00000109. The molecular weight excluding hydrogens is 621 g/mol. The number of hydrazone groups is 1. The SMILES string of the molecule is COc1cc(N=Nc2ccc(OCCO)cc2)c(C)cc1N/N=C1/[C-]=Cc2cc(Nc3ccccc3)ccc2C1=O.O=S(=O)=O.[Na+]. The molecule has 0 radical (unpaired) electrons. The number of aliphatic hydroxyl groups excluding tert-OH is 1. The molecule has 0 heterocycles. The Bertz CT molecular complexity index is 1860. The summed E-state index contributed by atoms with van der Waals surface area (Å²) in [4.78, 5) is 13.1. The van der Waals surface area contributed by atoms with Gasteiger partial charge in [0.1, 0.15) is 18.1 Å². The van der Waals surface area contributed by atoms with Crippen LogP contribution in [-0.2, 0) is 10.6 Å². The number of allylic oxidation sites excluding steroid dienone is 1. The third-order valence-corrected chi connectivity index (χ3v) is 6.21. The van der Waals surface area contributed by atoms with Crippen molar-refractivity contribution in [1.29, 1.82) is 0 Å². The number of hydrogen-bond donors (Lipinski definition) is 3. The molecule has 0 atom stereocenters. The maximum Gasteiger partial charge on any atom is 1.00 e. The van der Waals surface area contributed by atoms with Crippen LogP contribution in [0.2, 0.25) is 0 Å². The molecule has 46 heavy (non-hydrogen) atoms. The zero-order chi connectivity index (χ0) is 32.2. The van der Waals surface area contributed by atoms with Crippen LogP contribution in [-0.4, -0.2) is 49.6 Å². The van der Waals surface area contributed by atoms with Gasteiger partial charge in [-0.2, -0.15) is 27.5 Å². The van der Waals surface area contributed by atoms with Crippen molar-refractivity contribution in [2.75, 3.05) is 31.1 Å². The number of nitrogens with zero attached hydrogens (tertiary/aromatic N) is 3. The number of aliphatic hydroxyl groups is 1. The quantitative estimate of drug-likeness (QED) is 0.101. The molecule has 230 valence electrons. The summed E-state index contributed by atoms with van der Waals surface area (Å²) < 4.78 is 36.2. The molecule has 1 aliphatic rings. The average Bonchev–Trinajstić information content (AvgIpc) is 3.03. The Hall–Kier alpha value is -4.66. The largest absolute Gasteiger partial charge is 1.00 e. The molecule has 0 saturated carbocycles. The molecule has 0 unspecified atom stereocenters. The number of rotatable bonds is 10. The van der Waals surface area contributed by atoms with Crippen LogP contribution in [0.15, 0.2) is 100 Å². The van der Waals surface area contributed by atoms with Gasteiger partial charge in [0, 0.05) is 23.2 Å². The van der Waals surface area contributed by atoms with E-state index >= 15 is 0 Å². The number of fused-ring (bicyclic) bond motifs is 1. The minimum atomic E-state index is -3.11. The van der Waals surface area contributed by atoms with Crippen LogP contribution in [0.1, 0.15) is 21.5 Å². The number of methoxy groups -OCH3 is 1. The third kappa shape index (κ3) is 10.2. The maximum absolute atomic E-state index is 13.1. The summed E-state index contributed by atoms with van der Waals surface area (Å²) in [5.74, 6) is 0.908. The van der Waals surface area contributed by atoms with E-state index in [1.807, 2.05) is 55.5 Å². The zero-order valence-electron chi connectivity index (χ0n) is 25.2. The fourth-order valence-electron chi connectivity index (χ4n) is 4.12. The predicted molar refractivity (Wildman–Crippen MR) is 170 cm³/mol. The van der Waals surface area contributed by atoms with E-state index in [2.05, 4.69) is 32.1 Å². The fourth-order valence-corrected chi connectivity index (χ4v) is 4.12. The summed E-state index contributed by atoms with van der Waals surface area (Å²) in [6.45, 7) is 2.08. The first kappa shape index (κ1) is 35.8. The van der Waals surface area contributed by atoms with Crippen LogP contribution in [0.25, 0.3) is 6.08 Å². The summed E-state index contributed by atoms with van der Waals surface area (Å²) in [6.07, 6.45) is 4.75. The number of ether oxygens (including phenoxy) is 2. The van der Waals surface area contributed by atoms with Gasteiger partial charge in [0.05, 0.1) is 36.6 Å². The van der Waals surface area contributed by atoms with Crippen molar-refractivity contribution in [3.8, 4) is 11.5 Å². The average molecular weight is 650 g/mol. The van der Waals surface area contributed by atoms with Crippen LogP contribution in [0.5, 0.6) is 11.5 Å². The smallest absolute Gasteiger partial charge is 0.494 e. The van der Waals surface area contributed by atoms with E-state index in [1.165, 1.54) is 0 Å². The Morgan fingerprint density at radius 1 is 0.913 bits per heavy atom. The number of ketones is 1. The van der Waals surface area contributed by atoms with E-state index in [4.69, 9.17) is 27.2 Å². The Morgan fingerprint density at radius 2 is 1.63 bits per heavy atom. The first-order chi connectivity index (χ1) is 21.8. The Kier molecular flexibility index (Phi) is 13.8. The van der Waals surface area contributed by atoms with Gasteiger partial charge >= 0.3 is 40.2 Å². The standard InChI is InChI=1S/C32H28N5O4.Na.O3S/c1-21-18-30(31(40-2)20-29(21)36-34-24-9-12-26(13-10-24)41-17-16-38)37-35-28-15-8-22-19-25(11-14-27(22)32(28)39)33-23-6-4-3-5-7-23;;1-4(2)3/h3-14,18-20,33,37-38H,16-17H2,1-2H3;;/q-1;+1;/b35-28-,36-34?;;. The van der Waals surface area contributed by atoms with Crippen molar-refractivity contribution in [2.45, 2.75) is 6.92 Å². The summed E-state index contributed by atoms with van der Waals surface area (Å²) in [5, 5.41) is 25.2. The second kappa shape index (κ2) is 17.7. The minimum Gasteiger partial charge on any atom is -0.494 e. The molecule has 0 saturated heterocycles. The molecule has 12 nitrogen and oxygen atoms in total. The van der Waals surface area contributed by atoms with Crippen LogP contribution in [0, 0.1) is 13.0 Å². The number of azo groups is 1. The maximum atomic E-state index is 13.1. The molecule has 0 aromatic heterocycles. The van der Waals surface area contributed by atoms with Gasteiger partial charge in [-0.1, -0.05) is 35.9 Å². The first-order valence-corrected chi connectivity index (χ1v) is 14.4. The van der Waals surface area contributed by atoms with E-state index < -0.39 is 10.6 Å². The van der Waals surface area contributed by atoms with Crippen molar-refractivity contribution in [3.63, 3.8) is 0 Å². The van der Waals surface area contributed by atoms with Crippen LogP contribution in [0.3, 0.4) is 0 Å². The second-order valence-electron chi connectivity index (χ2n) is 9.29. The summed E-state index contributed by atoms with van der Waals surface area (Å²) >= 11 is 0. The number of hydrogen-bond acceptors (Lipinski definition) is 12. The number of anilines is 3. The molecule has 0 spiro atoms.